The van der Waals surface area contributed by atoms with Crippen LogP contribution >= 0.6 is 15.9 Å². The molecule has 0 bridgehead atoms. The minimum Gasteiger partial charge on any atom is -0.487 e. The average Bonchev–Trinajstić information content (AvgIpc) is 2.51. The number of nitrogens with one attached hydrogen (secondary N) is 1. The number of hydrogen-bond donors (Lipinski definition) is 1. The summed E-state index contributed by atoms with van der Waals surface area (Å²) < 4.78 is 20.4. The third kappa shape index (κ3) is 4.28. The van der Waals surface area contributed by atoms with E-state index in [2.05, 4.69) is 26.2 Å². The van der Waals surface area contributed by atoms with E-state index >= 15 is 0 Å². The Hall–Kier alpha value is -2.15. The number of rotatable bonds is 5. The molecule has 0 spiro atoms. The van der Waals surface area contributed by atoms with E-state index in [0.29, 0.717) is 23.4 Å². The van der Waals surface area contributed by atoms with E-state index in [0.717, 1.165) is 11.3 Å². The molecular formula is C18H19BrFN3O2. The Balaban J connectivity index is 1.54. The molecule has 1 amide bonds. The molecule has 7 heteroatoms. The van der Waals surface area contributed by atoms with Gasteiger partial charge in [0.1, 0.15) is 11.9 Å². The second-order valence-corrected chi connectivity index (χ2v) is 7.01. The van der Waals surface area contributed by atoms with E-state index in [1.165, 1.54) is 13.0 Å². The van der Waals surface area contributed by atoms with Gasteiger partial charge >= 0.3 is 0 Å². The highest BCUT2D eigenvalue weighted by Gasteiger charge is 2.31. The minimum absolute atomic E-state index is 0.00321. The van der Waals surface area contributed by atoms with Crippen LogP contribution in [0.3, 0.4) is 0 Å². The molecule has 1 saturated heterocycles. The van der Waals surface area contributed by atoms with E-state index < -0.39 is 0 Å². The molecule has 25 heavy (non-hydrogen) atoms. The first-order chi connectivity index (χ1) is 11.9. The SMILES string of the molecule is CC(=O)NC(C)c1ccc(OC2CN(c3ncc(Br)cc3F)C2)cc1. The summed E-state index contributed by atoms with van der Waals surface area (Å²) in [6.45, 7) is 4.62. The number of ether oxygens (including phenoxy) is 1. The lowest BCUT2D eigenvalue weighted by Gasteiger charge is -2.39. The van der Waals surface area contributed by atoms with Gasteiger partial charge in [-0.25, -0.2) is 9.37 Å². The molecule has 1 aliphatic heterocycles. The normalized spacial score (nSPS) is 15.4. The third-order valence-corrected chi connectivity index (χ3v) is 4.47. The molecule has 132 valence electrons. The van der Waals surface area contributed by atoms with Gasteiger partial charge in [0, 0.05) is 17.6 Å². The van der Waals surface area contributed by atoms with Gasteiger partial charge in [0.15, 0.2) is 11.6 Å². The second kappa shape index (κ2) is 7.39. The molecule has 3 rings (SSSR count). The highest BCUT2D eigenvalue weighted by molar-refractivity contribution is 9.10. The molecule has 1 aromatic carbocycles. The van der Waals surface area contributed by atoms with Gasteiger partial charge in [-0.05, 0) is 46.6 Å². The van der Waals surface area contributed by atoms with Crippen molar-refractivity contribution in [2.45, 2.75) is 26.0 Å². The molecule has 0 saturated carbocycles. The summed E-state index contributed by atoms with van der Waals surface area (Å²) in [5.74, 6) is 0.704. The molecule has 2 aromatic rings. The maximum Gasteiger partial charge on any atom is 0.217 e. The number of nitrogens with zero attached hydrogens (tertiary/aromatic N) is 2. The molecule has 1 N–H and O–H groups in total. The summed E-state index contributed by atoms with van der Waals surface area (Å²) in [7, 11) is 0. The van der Waals surface area contributed by atoms with Crippen LogP contribution in [0.5, 0.6) is 5.75 Å². The number of halogens is 2. The number of carbonyl (C=O) groups is 1. The number of benzene rings is 1. The number of aromatic nitrogens is 1. The van der Waals surface area contributed by atoms with E-state index in [4.69, 9.17) is 4.74 Å². The topological polar surface area (TPSA) is 54.5 Å². The first-order valence-corrected chi connectivity index (χ1v) is 8.81. The van der Waals surface area contributed by atoms with Crippen molar-refractivity contribution in [3.8, 4) is 5.75 Å². The van der Waals surface area contributed by atoms with Crippen LogP contribution in [0.1, 0.15) is 25.5 Å². The fourth-order valence-electron chi connectivity index (χ4n) is 2.74. The van der Waals surface area contributed by atoms with Gasteiger partial charge in [-0.2, -0.15) is 0 Å². The largest absolute Gasteiger partial charge is 0.487 e. The maximum absolute atomic E-state index is 13.9. The maximum atomic E-state index is 13.9. The summed E-state index contributed by atoms with van der Waals surface area (Å²) in [4.78, 5) is 17.1. The summed E-state index contributed by atoms with van der Waals surface area (Å²) >= 11 is 3.20. The monoisotopic (exact) mass is 407 g/mol. The molecule has 5 nitrogen and oxygen atoms in total. The lowest BCUT2D eigenvalue weighted by molar-refractivity contribution is -0.119. The highest BCUT2D eigenvalue weighted by Crippen LogP contribution is 2.27. The van der Waals surface area contributed by atoms with Crippen molar-refractivity contribution in [2.24, 2.45) is 0 Å². The van der Waals surface area contributed by atoms with E-state index in [9.17, 15) is 9.18 Å². The van der Waals surface area contributed by atoms with Crippen LogP contribution in [0, 0.1) is 5.82 Å². The van der Waals surface area contributed by atoms with Crippen LogP contribution in [0.2, 0.25) is 0 Å². The van der Waals surface area contributed by atoms with Gasteiger partial charge in [-0.1, -0.05) is 12.1 Å². The van der Waals surface area contributed by atoms with E-state index in [-0.39, 0.29) is 23.9 Å². The quantitative estimate of drug-likeness (QED) is 0.824. The zero-order chi connectivity index (χ0) is 18.0. The molecule has 1 fully saturated rings. The fourth-order valence-corrected chi connectivity index (χ4v) is 3.04. The predicted octanol–water partition coefficient (Wildman–Crippen LogP) is 3.45. The Bertz CT molecular complexity index is 763. The first-order valence-electron chi connectivity index (χ1n) is 8.02. The van der Waals surface area contributed by atoms with Gasteiger partial charge in [0.25, 0.3) is 0 Å². The molecule has 1 aliphatic rings. The number of pyridine rings is 1. The van der Waals surface area contributed by atoms with Crippen molar-refractivity contribution in [3.63, 3.8) is 0 Å². The lowest BCUT2D eigenvalue weighted by atomic mass is 10.1. The Morgan fingerprint density at radius 2 is 2.08 bits per heavy atom. The molecule has 0 aliphatic carbocycles. The molecule has 1 atom stereocenters. The molecule has 0 radical (unpaired) electrons. The highest BCUT2D eigenvalue weighted by atomic mass is 79.9. The van der Waals surface area contributed by atoms with Crippen molar-refractivity contribution in [1.82, 2.24) is 10.3 Å². The smallest absolute Gasteiger partial charge is 0.217 e. The van der Waals surface area contributed by atoms with Gasteiger partial charge < -0.3 is 15.0 Å². The Labute approximate surface area is 154 Å². The van der Waals surface area contributed by atoms with Crippen LogP contribution in [0.15, 0.2) is 41.0 Å². The summed E-state index contributed by atoms with van der Waals surface area (Å²) in [6.07, 6.45) is 1.59. The van der Waals surface area contributed by atoms with Gasteiger partial charge in [0.05, 0.1) is 19.1 Å². The van der Waals surface area contributed by atoms with Crippen LogP contribution in [0.4, 0.5) is 10.2 Å². The van der Waals surface area contributed by atoms with Crippen LogP contribution in [-0.4, -0.2) is 30.1 Å². The Morgan fingerprint density at radius 3 is 2.68 bits per heavy atom. The third-order valence-electron chi connectivity index (χ3n) is 4.04. The summed E-state index contributed by atoms with van der Waals surface area (Å²) in [6, 6.07) is 9.00. The lowest BCUT2D eigenvalue weighted by Crippen LogP contribution is -2.54. The van der Waals surface area contributed by atoms with Gasteiger partial charge in [-0.3, -0.25) is 4.79 Å². The van der Waals surface area contributed by atoms with Crippen molar-refractivity contribution < 1.29 is 13.9 Å². The molecule has 1 aromatic heterocycles. The zero-order valence-corrected chi connectivity index (χ0v) is 15.6. The fraction of sp³-hybridized carbons (Fsp3) is 0.333. The van der Waals surface area contributed by atoms with Gasteiger partial charge in [0.2, 0.25) is 5.91 Å². The van der Waals surface area contributed by atoms with Crippen LogP contribution in [-0.2, 0) is 4.79 Å². The second-order valence-electron chi connectivity index (χ2n) is 6.10. The average molecular weight is 408 g/mol. The number of anilines is 1. The van der Waals surface area contributed by atoms with Gasteiger partial charge in [-0.15, -0.1) is 0 Å². The zero-order valence-electron chi connectivity index (χ0n) is 14.0. The Kier molecular flexibility index (Phi) is 5.22. The van der Waals surface area contributed by atoms with Crippen LogP contribution < -0.4 is 15.0 Å². The van der Waals surface area contributed by atoms with Crippen molar-refractivity contribution in [2.75, 3.05) is 18.0 Å². The van der Waals surface area contributed by atoms with Crippen molar-refractivity contribution in [3.05, 3.63) is 52.4 Å². The van der Waals surface area contributed by atoms with Crippen molar-refractivity contribution in [1.29, 1.82) is 0 Å². The number of carbonyl (C=O) groups excluding carboxylic acids is 1. The minimum atomic E-state index is -0.343. The van der Waals surface area contributed by atoms with E-state index in [1.54, 1.807) is 6.20 Å². The molecule has 1 unspecified atom stereocenters. The molecular weight excluding hydrogens is 389 g/mol. The standard InChI is InChI=1S/C18H19BrFN3O2/c1-11(22-12(2)24)13-3-5-15(6-4-13)25-16-9-23(10-16)18-17(20)7-14(19)8-21-18/h3-8,11,16H,9-10H2,1-2H3,(H,22,24). The van der Waals surface area contributed by atoms with Crippen molar-refractivity contribution >= 4 is 27.7 Å². The summed E-state index contributed by atoms with van der Waals surface area (Å²) in [5, 5.41) is 2.84. The molecule has 2 heterocycles. The number of amides is 1. The Morgan fingerprint density at radius 1 is 1.40 bits per heavy atom. The van der Waals surface area contributed by atoms with Crippen LogP contribution in [0.25, 0.3) is 0 Å². The predicted molar refractivity (Wildman–Crippen MR) is 97.2 cm³/mol. The first kappa shape index (κ1) is 17.7. The van der Waals surface area contributed by atoms with E-state index in [1.807, 2.05) is 36.1 Å². The number of hydrogen-bond acceptors (Lipinski definition) is 4. The summed E-state index contributed by atoms with van der Waals surface area (Å²) in [5.41, 5.74) is 1.01.